The highest BCUT2D eigenvalue weighted by Gasteiger charge is 2.41. The van der Waals surface area contributed by atoms with Crippen molar-refractivity contribution in [2.24, 2.45) is 5.92 Å². The summed E-state index contributed by atoms with van der Waals surface area (Å²) in [5.74, 6) is 0.267. The third kappa shape index (κ3) is 6.69. The summed E-state index contributed by atoms with van der Waals surface area (Å²) < 4.78 is 17.8. The summed E-state index contributed by atoms with van der Waals surface area (Å²) in [5, 5.41) is 2.95. The number of carbonyl (C=O) groups excluding carboxylic acids is 1. The Morgan fingerprint density at radius 2 is 1.92 bits per heavy atom. The van der Waals surface area contributed by atoms with Crippen molar-refractivity contribution < 1.29 is 19.0 Å². The largest absolute Gasteiger partial charge is 0.378 e. The van der Waals surface area contributed by atoms with E-state index >= 15 is 0 Å². The molecule has 1 aliphatic heterocycles. The molecule has 0 bridgehead atoms. The van der Waals surface area contributed by atoms with Gasteiger partial charge in [-0.3, -0.25) is 4.79 Å². The van der Waals surface area contributed by atoms with Gasteiger partial charge in [-0.15, -0.1) is 0 Å². The van der Waals surface area contributed by atoms with Crippen LogP contribution in [0.5, 0.6) is 0 Å². The molecule has 1 saturated carbocycles. The van der Waals surface area contributed by atoms with Gasteiger partial charge in [0.05, 0.1) is 19.3 Å². The van der Waals surface area contributed by atoms with E-state index in [-0.39, 0.29) is 23.9 Å². The van der Waals surface area contributed by atoms with E-state index in [4.69, 9.17) is 14.2 Å². The maximum absolute atomic E-state index is 11.9. The molecule has 1 spiro atoms. The number of amides is 1. The van der Waals surface area contributed by atoms with Gasteiger partial charge in [0.15, 0.2) is 5.79 Å². The van der Waals surface area contributed by atoms with Gasteiger partial charge < -0.3 is 19.5 Å². The first-order valence-corrected chi connectivity index (χ1v) is 9.69. The van der Waals surface area contributed by atoms with Crippen molar-refractivity contribution in [1.29, 1.82) is 0 Å². The first-order valence-electron chi connectivity index (χ1n) is 9.69. The van der Waals surface area contributed by atoms with Crippen LogP contribution in [-0.4, -0.2) is 43.7 Å². The van der Waals surface area contributed by atoms with Gasteiger partial charge in [0.2, 0.25) is 5.91 Å². The maximum atomic E-state index is 11.9. The molecule has 0 aromatic rings. The fourth-order valence-electron chi connectivity index (χ4n) is 3.65. The zero-order valence-corrected chi connectivity index (χ0v) is 15.6. The monoisotopic (exact) mass is 341 g/mol. The molecule has 2 aliphatic rings. The second-order valence-corrected chi connectivity index (χ2v) is 7.74. The Morgan fingerprint density at radius 3 is 2.58 bits per heavy atom. The highest BCUT2D eigenvalue weighted by Crippen LogP contribution is 2.36. The van der Waals surface area contributed by atoms with Gasteiger partial charge in [-0.25, -0.2) is 0 Å². The molecule has 140 valence electrons. The number of carbonyl (C=O) groups is 1. The summed E-state index contributed by atoms with van der Waals surface area (Å²) >= 11 is 0. The minimum atomic E-state index is -0.374. The molecule has 0 aromatic heterocycles. The van der Waals surface area contributed by atoms with Gasteiger partial charge in [0.25, 0.3) is 0 Å². The fraction of sp³-hybridized carbons (Fsp3) is 0.947. The molecule has 1 saturated heterocycles. The molecular formula is C19H35NO4. The zero-order chi connectivity index (χ0) is 17.4. The van der Waals surface area contributed by atoms with Crippen molar-refractivity contribution in [3.63, 3.8) is 0 Å². The average Bonchev–Trinajstić information content (AvgIpc) is 2.76. The first kappa shape index (κ1) is 19.7. The number of ether oxygens (including phenoxy) is 3. The number of rotatable bonds is 8. The summed E-state index contributed by atoms with van der Waals surface area (Å²) in [6.07, 6.45) is 8.47. The Bertz CT molecular complexity index is 378. The van der Waals surface area contributed by atoms with Gasteiger partial charge in [-0.05, 0) is 32.1 Å². The van der Waals surface area contributed by atoms with Crippen LogP contribution in [0.25, 0.3) is 0 Å². The van der Waals surface area contributed by atoms with Crippen LogP contribution in [0.2, 0.25) is 0 Å². The molecule has 0 unspecified atom stereocenters. The smallest absolute Gasteiger partial charge is 0.222 e. The minimum absolute atomic E-state index is 0.0205. The molecule has 1 amide bonds. The summed E-state index contributed by atoms with van der Waals surface area (Å²) in [4.78, 5) is 11.9. The lowest BCUT2D eigenvalue weighted by molar-refractivity contribution is -0.175. The Morgan fingerprint density at radius 1 is 1.21 bits per heavy atom. The molecule has 24 heavy (non-hydrogen) atoms. The van der Waals surface area contributed by atoms with E-state index in [1.165, 1.54) is 25.7 Å². The third-order valence-electron chi connectivity index (χ3n) is 4.84. The van der Waals surface area contributed by atoms with Crippen LogP contribution in [0, 0.1) is 5.92 Å². The van der Waals surface area contributed by atoms with E-state index < -0.39 is 0 Å². The molecule has 0 radical (unpaired) electrons. The highest BCUT2D eigenvalue weighted by molar-refractivity contribution is 5.75. The predicted molar refractivity (Wildman–Crippen MR) is 93.8 cm³/mol. The lowest BCUT2D eigenvalue weighted by atomic mass is 10.1. The average molecular weight is 341 g/mol. The third-order valence-corrected chi connectivity index (χ3v) is 4.84. The van der Waals surface area contributed by atoms with Crippen molar-refractivity contribution >= 4 is 5.91 Å². The van der Waals surface area contributed by atoms with Gasteiger partial charge in [-0.2, -0.15) is 0 Å². The Balaban J connectivity index is 1.59. The highest BCUT2D eigenvalue weighted by atomic mass is 16.7. The van der Waals surface area contributed by atoms with Gasteiger partial charge >= 0.3 is 0 Å². The van der Waals surface area contributed by atoms with Gasteiger partial charge in [0.1, 0.15) is 6.10 Å². The van der Waals surface area contributed by atoms with E-state index in [1.807, 2.05) is 0 Å². The van der Waals surface area contributed by atoms with Crippen molar-refractivity contribution in [3.05, 3.63) is 0 Å². The topological polar surface area (TPSA) is 56.8 Å². The standard InChI is InChI=1S/C19H35NO4/c1-15(2)12-16(3)22-11-8-18(21)20-13-17-14-23-19(24-17)9-6-4-5-7-10-19/h15-17H,4-14H2,1-3H3,(H,20,21)/t16-,17-/m1/s1. The van der Waals surface area contributed by atoms with E-state index in [2.05, 4.69) is 26.1 Å². The van der Waals surface area contributed by atoms with Crippen LogP contribution in [-0.2, 0) is 19.0 Å². The summed E-state index contributed by atoms with van der Waals surface area (Å²) in [6, 6.07) is 0. The van der Waals surface area contributed by atoms with Crippen molar-refractivity contribution in [2.75, 3.05) is 19.8 Å². The number of hydrogen-bond donors (Lipinski definition) is 1. The summed E-state index contributed by atoms with van der Waals surface area (Å²) in [6.45, 7) is 8.01. The van der Waals surface area contributed by atoms with E-state index in [0.717, 1.165) is 19.3 Å². The minimum Gasteiger partial charge on any atom is -0.378 e. The van der Waals surface area contributed by atoms with Crippen LogP contribution in [0.15, 0.2) is 0 Å². The number of hydrogen-bond acceptors (Lipinski definition) is 4. The van der Waals surface area contributed by atoms with Crippen LogP contribution < -0.4 is 5.32 Å². The van der Waals surface area contributed by atoms with Crippen molar-refractivity contribution in [3.8, 4) is 0 Å². The van der Waals surface area contributed by atoms with E-state index in [0.29, 0.717) is 32.1 Å². The Hall–Kier alpha value is -0.650. The quantitative estimate of drug-likeness (QED) is 0.735. The molecule has 2 fully saturated rings. The van der Waals surface area contributed by atoms with Crippen molar-refractivity contribution in [1.82, 2.24) is 5.32 Å². The lowest BCUT2D eigenvalue weighted by Gasteiger charge is -2.26. The first-order chi connectivity index (χ1) is 11.5. The summed E-state index contributed by atoms with van der Waals surface area (Å²) in [5.41, 5.74) is 0. The molecule has 5 heteroatoms. The van der Waals surface area contributed by atoms with Crippen LogP contribution in [0.1, 0.15) is 72.1 Å². The van der Waals surface area contributed by atoms with E-state index in [1.54, 1.807) is 0 Å². The molecule has 1 aliphatic carbocycles. The molecule has 5 nitrogen and oxygen atoms in total. The van der Waals surface area contributed by atoms with Crippen LogP contribution in [0.3, 0.4) is 0 Å². The van der Waals surface area contributed by atoms with Crippen molar-refractivity contribution in [2.45, 2.75) is 90.1 Å². The molecule has 2 atom stereocenters. The van der Waals surface area contributed by atoms with Gasteiger partial charge in [0, 0.05) is 25.8 Å². The fourth-order valence-corrected chi connectivity index (χ4v) is 3.65. The zero-order valence-electron chi connectivity index (χ0n) is 15.6. The second kappa shape index (κ2) is 9.73. The van der Waals surface area contributed by atoms with Crippen LogP contribution in [0.4, 0.5) is 0 Å². The van der Waals surface area contributed by atoms with Crippen LogP contribution >= 0.6 is 0 Å². The SMILES string of the molecule is CC(C)C[C@@H](C)OCCC(=O)NC[C@@H]1COC2(CCCCCC2)O1. The Labute approximate surface area is 146 Å². The molecule has 0 aromatic carbocycles. The molecule has 2 rings (SSSR count). The maximum Gasteiger partial charge on any atom is 0.222 e. The Kier molecular flexibility index (Phi) is 7.98. The van der Waals surface area contributed by atoms with Gasteiger partial charge in [-0.1, -0.05) is 26.7 Å². The molecular weight excluding hydrogens is 306 g/mol. The molecule has 1 N–H and O–H groups in total. The normalized spacial score (nSPS) is 24.9. The lowest BCUT2D eigenvalue weighted by Crippen LogP contribution is -2.36. The molecule has 1 heterocycles. The van der Waals surface area contributed by atoms with E-state index in [9.17, 15) is 4.79 Å². The second-order valence-electron chi connectivity index (χ2n) is 7.74. The predicted octanol–water partition coefficient (Wildman–Crippen LogP) is 3.41. The summed E-state index contributed by atoms with van der Waals surface area (Å²) in [7, 11) is 0. The number of nitrogens with one attached hydrogen (secondary N) is 1.